The molecule has 80 valence electrons. The lowest BCUT2D eigenvalue weighted by atomic mass is 10.2. The summed E-state index contributed by atoms with van der Waals surface area (Å²) in [5.74, 6) is -2.22. The molecule has 0 rings (SSSR count). The Morgan fingerprint density at radius 3 is 2.29 bits per heavy atom. The number of sulfone groups is 1. The van der Waals surface area contributed by atoms with Gasteiger partial charge in [-0.05, 0) is 20.8 Å². The summed E-state index contributed by atoms with van der Waals surface area (Å²) in [5, 5.41) is 8.17. The Balaban J connectivity index is 4.30. The lowest BCUT2D eigenvalue weighted by Crippen LogP contribution is -2.29. The molecule has 0 spiro atoms. The maximum atomic E-state index is 11.0. The van der Waals surface area contributed by atoms with Gasteiger partial charge >= 0.3 is 5.97 Å². The molecule has 0 aromatic carbocycles. The van der Waals surface area contributed by atoms with Crippen LogP contribution in [0.4, 0.5) is 0 Å². The first-order chi connectivity index (χ1) is 6.16. The van der Waals surface area contributed by atoms with Crippen LogP contribution in [0.2, 0.25) is 0 Å². The fourth-order valence-corrected chi connectivity index (χ4v) is 1.42. The van der Waals surface area contributed by atoms with Crippen LogP contribution in [0.5, 0.6) is 0 Å². The third kappa shape index (κ3) is 6.43. The first-order valence-electron chi connectivity index (χ1n) is 3.95. The number of carbonyl (C=O) groups excluding carboxylic acids is 1. The number of esters is 1. The molecule has 5 nitrogen and oxygen atoms in total. The second-order valence-corrected chi connectivity index (χ2v) is 5.84. The number of hydrogen-bond acceptors (Lipinski definition) is 5. The maximum Gasteiger partial charge on any atom is 0.321 e. The Morgan fingerprint density at radius 1 is 1.43 bits per heavy atom. The predicted molar refractivity (Wildman–Crippen MR) is 50.1 cm³/mol. The highest BCUT2D eigenvalue weighted by molar-refractivity contribution is 7.92. The molecule has 0 fully saturated rings. The lowest BCUT2D eigenvalue weighted by Gasteiger charge is -2.19. The number of nitriles is 1. The van der Waals surface area contributed by atoms with Crippen LogP contribution >= 0.6 is 0 Å². The van der Waals surface area contributed by atoms with Gasteiger partial charge in [-0.15, -0.1) is 0 Å². The van der Waals surface area contributed by atoms with Gasteiger partial charge in [0.1, 0.15) is 17.1 Å². The van der Waals surface area contributed by atoms with Crippen molar-refractivity contribution in [2.24, 2.45) is 0 Å². The van der Waals surface area contributed by atoms with Gasteiger partial charge in [-0.1, -0.05) is 0 Å². The molecule has 6 heteroatoms. The Morgan fingerprint density at radius 2 is 1.93 bits per heavy atom. The highest BCUT2D eigenvalue weighted by Crippen LogP contribution is 2.07. The molecule has 0 aliphatic carbocycles. The standard InChI is InChI=1S/C8H13NO4S/c1-8(2,3)13-7(10)6-14(11,12)5-4-9/h5-6H2,1-3H3. The summed E-state index contributed by atoms with van der Waals surface area (Å²) in [7, 11) is -3.64. The van der Waals surface area contributed by atoms with Crippen LogP contribution in [-0.2, 0) is 19.4 Å². The van der Waals surface area contributed by atoms with Crippen LogP contribution in [0.3, 0.4) is 0 Å². The van der Waals surface area contributed by atoms with Crippen LogP contribution in [0.15, 0.2) is 0 Å². The molecular weight excluding hydrogens is 206 g/mol. The van der Waals surface area contributed by atoms with Crippen molar-refractivity contribution in [2.45, 2.75) is 26.4 Å². The summed E-state index contributed by atoms with van der Waals surface area (Å²) >= 11 is 0. The minimum absolute atomic E-state index is 0.660. The molecule has 0 amide bonds. The molecule has 0 atom stereocenters. The average molecular weight is 219 g/mol. The lowest BCUT2D eigenvalue weighted by molar-refractivity contribution is -0.151. The molecule has 0 heterocycles. The molecule has 0 radical (unpaired) electrons. The van der Waals surface area contributed by atoms with Gasteiger partial charge in [0.15, 0.2) is 9.84 Å². The Labute approximate surface area is 83.6 Å². The molecular formula is C8H13NO4S. The molecule has 0 aromatic rings. The first kappa shape index (κ1) is 12.9. The number of rotatable bonds is 3. The van der Waals surface area contributed by atoms with E-state index in [0.717, 1.165) is 0 Å². The summed E-state index contributed by atoms with van der Waals surface area (Å²) in [6, 6.07) is 1.48. The maximum absolute atomic E-state index is 11.0. The largest absolute Gasteiger partial charge is 0.459 e. The molecule has 0 aliphatic heterocycles. The van der Waals surface area contributed by atoms with Gasteiger partial charge in [-0.2, -0.15) is 5.26 Å². The number of hydrogen-bond donors (Lipinski definition) is 0. The first-order valence-corrected chi connectivity index (χ1v) is 5.78. The van der Waals surface area contributed by atoms with Crippen molar-refractivity contribution >= 4 is 15.8 Å². The fourth-order valence-electron chi connectivity index (χ4n) is 0.700. The van der Waals surface area contributed by atoms with Crippen molar-refractivity contribution in [2.75, 3.05) is 11.5 Å². The van der Waals surface area contributed by atoms with Crippen molar-refractivity contribution in [1.29, 1.82) is 5.26 Å². The average Bonchev–Trinajstić information content (AvgIpc) is 1.78. The third-order valence-corrected chi connectivity index (χ3v) is 2.29. The van der Waals surface area contributed by atoms with E-state index in [-0.39, 0.29) is 0 Å². The van der Waals surface area contributed by atoms with Crippen molar-refractivity contribution in [3.05, 3.63) is 0 Å². The van der Waals surface area contributed by atoms with E-state index in [0.29, 0.717) is 0 Å². The molecule has 0 aromatic heterocycles. The second-order valence-electron chi connectivity index (χ2n) is 3.78. The van der Waals surface area contributed by atoms with Gasteiger partial charge < -0.3 is 4.74 Å². The summed E-state index contributed by atoms with van der Waals surface area (Å²) in [6.45, 7) is 4.92. The number of carbonyl (C=O) groups is 1. The molecule has 0 unspecified atom stereocenters. The highest BCUT2D eigenvalue weighted by atomic mass is 32.2. The normalized spacial score (nSPS) is 11.9. The Kier molecular flexibility index (Phi) is 4.08. The monoisotopic (exact) mass is 219 g/mol. The predicted octanol–water partition coefficient (Wildman–Crippen LogP) is 0.266. The van der Waals surface area contributed by atoms with Crippen LogP contribution in [0.25, 0.3) is 0 Å². The molecule has 14 heavy (non-hydrogen) atoms. The van der Waals surface area contributed by atoms with Crippen molar-refractivity contribution in [1.82, 2.24) is 0 Å². The molecule has 0 N–H and O–H groups in total. The number of nitrogens with zero attached hydrogens (tertiary/aromatic N) is 1. The fraction of sp³-hybridized carbons (Fsp3) is 0.750. The van der Waals surface area contributed by atoms with E-state index in [1.54, 1.807) is 20.8 Å². The highest BCUT2D eigenvalue weighted by Gasteiger charge is 2.22. The van der Waals surface area contributed by atoms with Crippen LogP contribution in [0, 0.1) is 11.3 Å². The minimum atomic E-state index is -3.64. The Hall–Kier alpha value is -1.09. The summed E-state index contributed by atoms with van der Waals surface area (Å²) in [6.07, 6.45) is 0. The van der Waals surface area contributed by atoms with Crippen molar-refractivity contribution in [3.63, 3.8) is 0 Å². The van der Waals surface area contributed by atoms with E-state index >= 15 is 0 Å². The van der Waals surface area contributed by atoms with E-state index in [9.17, 15) is 13.2 Å². The van der Waals surface area contributed by atoms with Gasteiger partial charge in [0.25, 0.3) is 0 Å². The van der Waals surface area contributed by atoms with Gasteiger partial charge in [0, 0.05) is 0 Å². The van der Waals surface area contributed by atoms with E-state index in [4.69, 9.17) is 10.00 Å². The van der Waals surface area contributed by atoms with E-state index in [1.807, 2.05) is 0 Å². The van der Waals surface area contributed by atoms with Crippen LogP contribution < -0.4 is 0 Å². The topological polar surface area (TPSA) is 84.2 Å². The van der Waals surface area contributed by atoms with Crippen molar-refractivity contribution < 1.29 is 17.9 Å². The zero-order chi connectivity index (χ0) is 11.4. The van der Waals surface area contributed by atoms with Gasteiger partial charge in [-0.25, -0.2) is 8.42 Å². The van der Waals surface area contributed by atoms with Crippen molar-refractivity contribution in [3.8, 4) is 6.07 Å². The van der Waals surface area contributed by atoms with E-state index < -0.39 is 32.9 Å². The summed E-state index contributed by atoms with van der Waals surface area (Å²) in [4.78, 5) is 11.0. The Bertz CT molecular complexity index is 345. The van der Waals surface area contributed by atoms with Gasteiger partial charge in [0.2, 0.25) is 0 Å². The molecule has 0 bridgehead atoms. The smallest absolute Gasteiger partial charge is 0.321 e. The third-order valence-electron chi connectivity index (χ3n) is 1.04. The quantitative estimate of drug-likeness (QED) is 0.636. The van der Waals surface area contributed by atoms with Crippen LogP contribution in [0.1, 0.15) is 20.8 Å². The number of ether oxygens (including phenoxy) is 1. The van der Waals surface area contributed by atoms with E-state index in [1.165, 1.54) is 6.07 Å². The summed E-state index contributed by atoms with van der Waals surface area (Å²) < 4.78 is 26.8. The zero-order valence-corrected chi connectivity index (χ0v) is 9.22. The SMILES string of the molecule is CC(C)(C)OC(=O)CS(=O)(=O)CC#N. The molecule has 0 saturated carbocycles. The minimum Gasteiger partial charge on any atom is -0.459 e. The summed E-state index contributed by atoms with van der Waals surface area (Å²) in [5.41, 5.74) is -0.709. The van der Waals surface area contributed by atoms with Gasteiger partial charge in [0.05, 0.1) is 6.07 Å². The second kappa shape index (κ2) is 4.42. The van der Waals surface area contributed by atoms with E-state index in [2.05, 4.69) is 0 Å². The van der Waals surface area contributed by atoms with Crippen LogP contribution in [-0.4, -0.2) is 31.5 Å². The van der Waals surface area contributed by atoms with Gasteiger partial charge in [-0.3, -0.25) is 4.79 Å². The molecule has 0 saturated heterocycles. The zero-order valence-electron chi connectivity index (χ0n) is 8.40. The molecule has 0 aliphatic rings.